The Morgan fingerprint density at radius 3 is 2.52 bits per heavy atom. The van der Waals surface area contributed by atoms with E-state index < -0.39 is 5.97 Å². The Balaban J connectivity index is 1.41. The number of para-hydroxylation sites is 2. The van der Waals surface area contributed by atoms with Crippen LogP contribution in [0, 0.1) is 0 Å². The molecule has 0 saturated carbocycles. The zero-order valence-corrected chi connectivity index (χ0v) is 22.9. The summed E-state index contributed by atoms with van der Waals surface area (Å²) in [6.45, 7) is 0.208. The number of hydrogen-bond acceptors (Lipinski definition) is 7. The fraction of sp³-hybridized carbons (Fsp3) is 0.0909. The molecule has 0 amide bonds. The molecule has 0 spiro atoms. The van der Waals surface area contributed by atoms with Gasteiger partial charge in [0.1, 0.15) is 17.9 Å². The fourth-order valence-electron chi connectivity index (χ4n) is 4.54. The van der Waals surface area contributed by atoms with Crippen molar-refractivity contribution in [3.05, 3.63) is 124 Å². The van der Waals surface area contributed by atoms with Crippen molar-refractivity contribution < 1.29 is 19.1 Å². The monoisotopic (exact) mass is 558 g/mol. The molecule has 2 heterocycles. The van der Waals surface area contributed by atoms with Crippen LogP contribution < -0.4 is 15.2 Å². The minimum Gasteiger partial charge on any atom is -0.488 e. The number of anilines is 1. The first kappa shape index (κ1) is 26.5. The Bertz CT molecular complexity index is 1990. The second-order valence-electron chi connectivity index (χ2n) is 9.87. The highest BCUT2D eigenvalue weighted by molar-refractivity contribution is 5.88. The molecular formula is C33H26N4O5. The summed E-state index contributed by atoms with van der Waals surface area (Å²) >= 11 is 0. The van der Waals surface area contributed by atoms with Gasteiger partial charge in [-0.2, -0.15) is 9.78 Å². The van der Waals surface area contributed by atoms with Crippen LogP contribution in [0.2, 0.25) is 0 Å². The summed E-state index contributed by atoms with van der Waals surface area (Å²) in [5.74, 6) is 0.247. The SMILES string of the molecule is CN(C)c1ccc(C=Nn2c(-c3cc4ccccc4o3)nc3ccccc3c2=O)c(OCc2ccc(C(=O)O)cc2)c1. The minimum absolute atomic E-state index is 0.205. The van der Waals surface area contributed by atoms with Crippen LogP contribution >= 0.6 is 0 Å². The topological polar surface area (TPSA) is 110 Å². The molecule has 0 atom stereocenters. The molecule has 6 aromatic rings. The molecule has 1 N–H and O–H groups in total. The predicted molar refractivity (Wildman–Crippen MR) is 163 cm³/mol. The van der Waals surface area contributed by atoms with Gasteiger partial charge in [-0.15, -0.1) is 0 Å². The number of benzene rings is 4. The van der Waals surface area contributed by atoms with Crippen LogP contribution in [0.15, 0.2) is 111 Å². The van der Waals surface area contributed by atoms with Crippen LogP contribution in [0.3, 0.4) is 0 Å². The van der Waals surface area contributed by atoms with Gasteiger partial charge in [0, 0.05) is 36.8 Å². The first-order chi connectivity index (χ1) is 20.4. The van der Waals surface area contributed by atoms with E-state index in [1.807, 2.05) is 73.6 Å². The van der Waals surface area contributed by atoms with Crippen LogP contribution in [0.1, 0.15) is 21.5 Å². The molecule has 4 aromatic carbocycles. The van der Waals surface area contributed by atoms with Crippen molar-refractivity contribution in [2.75, 3.05) is 19.0 Å². The molecule has 9 heteroatoms. The average molecular weight is 559 g/mol. The van der Waals surface area contributed by atoms with Crippen molar-refractivity contribution in [2.45, 2.75) is 6.61 Å². The lowest BCUT2D eigenvalue weighted by Crippen LogP contribution is -2.20. The van der Waals surface area contributed by atoms with E-state index in [1.165, 1.54) is 4.68 Å². The lowest BCUT2D eigenvalue weighted by molar-refractivity contribution is 0.0697. The fourth-order valence-corrected chi connectivity index (χ4v) is 4.54. The van der Waals surface area contributed by atoms with E-state index in [2.05, 4.69) is 5.10 Å². The van der Waals surface area contributed by atoms with Crippen molar-refractivity contribution >= 4 is 39.7 Å². The minimum atomic E-state index is -0.986. The van der Waals surface area contributed by atoms with Gasteiger partial charge >= 0.3 is 5.97 Å². The number of carboxylic acids is 1. The summed E-state index contributed by atoms with van der Waals surface area (Å²) in [5, 5.41) is 15.1. The molecule has 0 bridgehead atoms. The summed E-state index contributed by atoms with van der Waals surface area (Å²) in [6, 6.07) is 28.7. The second-order valence-corrected chi connectivity index (χ2v) is 9.87. The number of aromatic nitrogens is 2. The second kappa shape index (κ2) is 11.1. The van der Waals surface area contributed by atoms with Crippen LogP contribution in [0.5, 0.6) is 5.75 Å². The van der Waals surface area contributed by atoms with Crippen LogP contribution in [-0.4, -0.2) is 41.0 Å². The first-order valence-corrected chi connectivity index (χ1v) is 13.2. The molecule has 0 aliphatic heterocycles. The zero-order valence-electron chi connectivity index (χ0n) is 22.9. The number of fused-ring (bicyclic) bond motifs is 2. The Morgan fingerprint density at radius 2 is 1.76 bits per heavy atom. The van der Waals surface area contributed by atoms with Gasteiger partial charge in [-0.25, -0.2) is 9.78 Å². The van der Waals surface area contributed by atoms with Gasteiger partial charge in [-0.3, -0.25) is 4.79 Å². The predicted octanol–water partition coefficient (Wildman–Crippen LogP) is 6.04. The number of ether oxygens (including phenoxy) is 1. The third-order valence-corrected chi connectivity index (χ3v) is 6.82. The smallest absolute Gasteiger partial charge is 0.335 e. The maximum Gasteiger partial charge on any atom is 0.335 e. The van der Waals surface area contributed by atoms with Crippen molar-refractivity contribution in [2.24, 2.45) is 5.10 Å². The number of furan rings is 1. The number of hydrogen-bond donors (Lipinski definition) is 1. The highest BCUT2D eigenvalue weighted by Crippen LogP contribution is 2.28. The quantitative estimate of drug-likeness (QED) is 0.227. The molecule has 6 rings (SSSR count). The first-order valence-electron chi connectivity index (χ1n) is 13.2. The maximum absolute atomic E-state index is 13.7. The normalized spacial score (nSPS) is 11.4. The zero-order chi connectivity index (χ0) is 29.2. The molecule has 9 nitrogen and oxygen atoms in total. The molecule has 0 saturated heterocycles. The standard InChI is InChI=1S/C33H26N4O5/c1-36(2)25-16-15-24(29(18-25)41-20-21-11-13-22(14-12-21)33(39)40)19-34-37-31(30-17-23-7-3-6-10-28(23)42-30)35-27-9-5-4-8-26(27)32(37)38/h3-19H,20H2,1-2H3,(H,39,40). The van der Waals surface area contributed by atoms with Crippen molar-refractivity contribution in [3.63, 3.8) is 0 Å². The highest BCUT2D eigenvalue weighted by atomic mass is 16.5. The summed E-state index contributed by atoms with van der Waals surface area (Å²) < 4.78 is 13.5. The van der Waals surface area contributed by atoms with Gasteiger partial charge in [0.05, 0.1) is 22.7 Å². The van der Waals surface area contributed by atoms with Crippen LogP contribution in [0.4, 0.5) is 5.69 Å². The molecule has 42 heavy (non-hydrogen) atoms. The van der Waals surface area contributed by atoms with Crippen LogP contribution in [-0.2, 0) is 6.61 Å². The van der Waals surface area contributed by atoms with Crippen molar-refractivity contribution in [1.82, 2.24) is 9.66 Å². The molecule has 208 valence electrons. The molecule has 0 aliphatic rings. The largest absolute Gasteiger partial charge is 0.488 e. The van der Waals surface area contributed by atoms with E-state index in [1.54, 1.807) is 48.7 Å². The van der Waals surface area contributed by atoms with Gasteiger partial charge in [-0.1, -0.05) is 42.5 Å². The van der Waals surface area contributed by atoms with E-state index in [9.17, 15) is 14.7 Å². The molecule has 2 aromatic heterocycles. The van der Waals surface area contributed by atoms with Gasteiger partial charge in [0.25, 0.3) is 5.56 Å². The lowest BCUT2D eigenvalue weighted by atomic mass is 10.1. The molecule has 0 fully saturated rings. The molecule has 0 unspecified atom stereocenters. The third kappa shape index (κ3) is 5.23. The van der Waals surface area contributed by atoms with Crippen molar-refractivity contribution in [1.29, 1.82) is 0 Å². The average Bonchev–Trinajstić information content (AvgIpc) is 3.44. The third-order valence-electron chi connectivity index (χ3n) is 6.82. The van der Waals surface area contributed by atoms with Gasteiger partial charge < -0.3 is 19.2 Å². The number of nitrogens with zero attached hydrogens (tertiary/aromatic N) is 4. The van der Waals surface area contributed by atoms with Gasteiger partial charge in [0.15, 0.2) is 5.76 Å². The number of carboxylic acid groups (broad SMARTS) is 1. The van der Waals surface area contributed by atoms with E-state index in [0.717, 1.165) is 16.6 Å². The number of rotatable bonds is 8. The van der Waals surface area contributed by atoms with Gasteiger partial charge in [0.2, 0.25) is 5.82 Å². The van der Waals surface area contributed by atoms with E-state index in [0.29, 0.717) is 33.6 Å². The Hall–Kier alpha value is -5.70. The summed E-state index contributed by atoms with van der Waals surface area (Å²) in [7, 11) is 3.86. The van der Waals surface area contributed by atoms with E-state index in [-0.39, 0.29) is 23.6 Å². The Kier molecular flexibility index (Phi) is 6.98. The van der Waals surface area contributed by atoms with E-state index in [4.69, 9.17) is 14.1 Å². The highest BCUT2D eigenvalue weighted by Gasteiger charge is 2.17. The number of aromatic carboxylic acids is 1. The molecule has 0 radical (unpaired) electrons. The number of carbonyl (C=O) groups is 1. The maximum atomic E-state index is 13.7. The van der Waals surface area contributed by atoms with Gasteiger partial charge in [-0.05, 0) is 54.1 Å². The molecular weight excluding hydrogens is 532 g/mol. The summed E-state index contributed by atoms with van der Waals surface area (Å²) in [6.07, 6.45) is 1.56. The van der Waals surface area contributed by atoms with E-state index >= 15 is 0 Å². The Labute approximate surface area is 240 Å². The Morgan fingerprint density at radius 1 is 1.00 bits per heavy atom. The summed E-state index contributed by atoms with van der Waals surface area (Å²) in [4.78, 5) is 31.6. The van der Waals surface area contributed by atoms with Crippen molar-refractivity contribution in [3.8, 4) is 17.3 Å². The lowest BCUT2D eigenvalue weighted by Gasteiger charge is -2.16. The summed E-state index contributed by atoms with van der Waals surface area (Å²) in [5.41, 5.74) is 3.44. The van der Waals surface area contributed by atoms with Crippen LogP contribution in [0.25, 0.3) is 33.5 Å². The molecule has 0 aliphatic carbocycles.